The Balaban J connectivity index is 3.57. The highest BCUT2D eigenvalue weighted by Gasteiger charge is 2.10. The molecule has 0 aromatic rings. The van der Waals surface area contributed by atoms with Crippen molar-refractivity contribution in [3.8, 4) is 0 Å². The van der Waals surface area contributed by atoms with Gasteiger partial charge >= 0.3 is 11.9 Å². The molecule has 0 fully saturated rings. The van der Waals surface area contributed by atoms with Gasteiger partial charge in [-0.15, -0.1) is 0 Å². The van der Waals surface area contributed by atoms with E-state index in [0.717, 1.165) is 0 Å². The zero-order valence-electron chi connectivity index (χ0n) is 7.38. The largest absolute Gasteiger partial charge is 0.480 e. The van der Waals surface area contributed by atoms with Crippen molar-refractivity contribution < 1.29 is 34.4 Å². The Morgan fingerprint density at radius 2 is 1.71 bits per heavy atom. The van der Waals surface area contributed by atoms with Gasteiger partial charge in [-0.05, 0) is 0 Å². The summed E-state index contributed by atoms with van der Waals surface area (Å²) < 4.78 is 9.27. The van der Waals surface area contributed by atoms with Crippen molar-refractivity contribution in [1.82, 2.24) is 0 Å². The number of ether oxygens (including phenoxy) is 2. The minimum absolute atomic E-state index is 0.157. The van der Waals surface area contributed by atoms with Crippen LogP contribution in [-0.2, 0) is 19.1 Å². The Bertz CT molecular complexity index is 190. The molecule has 0 aliphatic rings. The fourth-order valence-electron chi connectivity index (χ4n) is 0.620. The van der Waals surface area contributed by atoms with E-state index < -0.39 is 37.9 Å². The normalized spacial score (nSPS) is 12.4. The van der Waals surface area contributed by atoms with Gasteiger partial charge in [0.2, 0.25) is 0 Å². The Morgan fingerprint density at radius 3 is 2.14 bits per heavy atom. The van der Waals surface area contributed by atoms with Gasteiger partial charge in [-0.25, -0.2) is 9.59 Å². The van der Waals surface area contributed by atoms with E-state index in [-0.39, 0.29) is 6.61 Å². The van der Waals surface area contributed by atoms with Crippen LogP contribution >= 0.6 is 0 Å². The van der Waals surface area contributed by atoms with Crippen molar-refractivity contribution in [2.45, 2.75) is 6.10 Å². The number of hydrogen-bond acceptors (Lipinski definition) is 5. The lowest BCUT2D eigenvalue weighted by atomic mass is 10.4. The molecule has 14 heavy (non-hydrogen) atoms. The van der Waals surface area contributed by atoms with Crippen LogP contribution in [-0.4, -0.2) is 59.8 Å². The highest BCUT2D eigenvalue weighted by atomic mass is 16.6. The van der Waals surface area contributed by atoms with Crippen molar-refractivity contribution in [3.63, 3.8) is 0 Å². The minimum atomic E-state index is -1.17. The first-order valence-electron chi connectivity index (χ1n) is 3.80. The van der Waals surface area contributed by atoms with E-state index in [0.29, 0.717) is 0 Å². The molecule has 1 atom stereocenters. The molecule has 0 heterocycles. The third-order valence-corrected chi connectivity index (χ3v) is 1.18. The maximum Gasteiger partial charge on any atom is 0.329 e. The third-order valence-electron chi connectivity index (χ3n) is 1.18. The van der Waals surface area contributed by atoms with Crippen LogP contribution in [0.5, 0.6) is 0 Å². The molecule has 3 N–H and O–H groups in total. The van der Waals surface area contributed by atoms with Crippen molar-refractivity contribution in [2.75, 3.05) is 26.4 Å². The molecule has 7 nitrogen and oxygen atoms in total. The average molecular weight is 208 g/mol. The molecule has 0 aliphatic carbocycles. The third kappa shape index (κ3) is 7.47. The Morgan fingerprint density at radius 1 is 1.14 bits per heavy atom. The van der Waals surface area contributed by atoms with Crippen LogP contribution in [0.1, 0.15) is 0 Å². The molecule has 0 saturated carbocycles. The fraction of sp³-hybridized carbons (Fsp3) is 0.714. The standard InChI is InChI=1S/C7H12O7/c8-1-5(14-4-7(11)12)2-13-3-6(9)10/h5,8H,1-4H2,(H,9,10)(H,11,12). The lowest BCUT2D eigenvalue weighted by molar-refractivity contribution is -0.150. The number of carboxylic acids is 2. The Labute approximate surface area is 79.9 Å². The molecule has 0 aliphatic heterocycles. The molecule has 0 rings (SSSR count). The number of carboxylic acid groups (broad SMARTS) is 2. The Kier molecular flexibility index (Phi) is 6.63. The molecular weight excluding hydrogens is 196 g/mol. The zero-order chi connectivity index (χ0) is 11.0. The summed E-state index contributed by atoms with van der Waals surface area (Å²) in [6.45, 7) is -1.64. The van der Waals surface area contributed by atoms with Gasteiger partial charge in [0.25, 0.3) is 0 Å². The quantitative estimate of drug-likeness (QED) is 0.447. The van der Waals surface area contributed by atoms with E-state index in [4.69, 9.17) is 15.3 Å². The number of aliphatic hydroxyl groups is 1. The fourth-order valence-corrected chi connectivity index (χ4v) is 0.620. The molecule has 7 heteroatoms. The summed E-state index contributed by atoms with van der Waals surface area (Å²) in [5, 5.41) is 25.1. The molecule has 0 saturated heterocycles. The molecule has 82 valence electrons. The summed E-state index contributed by atoms with van der Waals surface area (Å²) in [4.78, 5) is 20.1. The molecule has 0 amide bonds. The van der Waals surface area contributed by atoms with Crippen LogP contribution in [0.3, 0.4) is 0 Å². The second-order valence-electron chi connectivity index (χ2n) is 2.42. The van der Waals surface area contributed by atoms with Crippen LogP contribution in [0, 0.1) is 0 Å². The first-order valence-corrected chi connectivity index (χ1v) is 3.80. The highest BCUT2D eigenvalue weighted by molar-refractivity contribution is 5.68. The summed E-state index contributed by atoms with van der Waals surface area (Å²) in [5.74, 6) is -2.30. The van der Waals surface area contributed by atoms with Gasteiger partial charge in [0.05, 0.1) is 13.2 Å². The molecule has 0 aromatic carbocycles. The van der Waals surface area contributed by atoms with Crippen LogP contribution in [0.4, 0.5) is 0 Å². The van der Waals surface area contributed by atoms with Gasteiger partial charge in [0.1, 0.15) is 19.3 Å². The lowest BCUT2D eigenvalue weighted by Gasteiger charge is -2.13. The summed E-state index contributed by atoms with van der Waals surface area (Å²) in [6.07, 6.45) is -0.814. The molecule has 1 unspecified atom stereocenters. The van der Waals surface area contributed by atoms with Gasteiger partial charge < -0.3 is 24.8 Å². The van der Waals surface area contributed by atoms with Crippen molar-refractivity contribution in [2.24, 2.45) is 0 Å². The number of carbonyl (C=O) groups is 2. The van der Waals surface area contributed by atoms with E-state index >= 15 is 0 Å². The lowest BCUT2D eigenvalue weighted by Crippen LogP contribution is -2.27. The summed E-state index contributed by atoms with van der Waals surface area (Å²) in [7, 11) is 0. The molecule has 0 spiro atoms. The molecular formula is C7H12O7. The van der Waals surface area contributed by atoms with Crippen LogP contribution in [0.25, 0.3) is 0 Å². The van der Waals surface area contributed by atoms with E-state index in [1.165, 1.54) is 0 Å². The summed E-state index contributed by atoms with van der Waals surface area (Å²) in [6, 6.07) is 0. The topological polar surface area (TPSA) is 113 Å². The van der Waals surface area contributed by atoms with Crippen LogP contribution < -0.4 is 0 Å². The van der Waals surface area contributed by atoms with Crippen molar-refractivity contribution >= 4 is 11.9 Å². The number of aliphatic hydroxyl groups excluding tert-OH is 1. The SMILES string of the molecule is O=C(O)COCC(CO)OCC(=O)O. The first-order chi connectivity index (χ1) is 6.56. The van der Waals surface area contributed by atoms with E-state index in [2.05, 4.69) is 9.47 Å². The van der Waals surface area contributed by atoms with Gasteiger partial charge in [-0.3, -0.25) is 0 Å². The van der Waals surface area contributed by atoms with Gasteiger partial charge in [-0.1, -0.05) is 0 Å². The monoisotopic (exact) mass is 208 g/mol. The molecule has 0 bridgehead atoms. The summed E-state index contributed by atoms with van der Waals surface area (Å²) in [5.41, 5.74) is 0. The number of rotatable bonds is 8. The predicted molar refractivity (Wildman–Crippen MR) is 42.9 cm³/mol. The summed E-state index contributed by atoms with van der Waals surface area (Å²) >= 11 is 0. The minimum Gasteiger partial charge on any atom is -0.480 e. The van der Waals surface area contributed by atoms with Gasteiger partial charge in [0.15, 0.2) is 0 Å². The predicted octanol–water partition coefficient (Wildman–Crippen LogP) is -1.45. The second kappa shape index (κ2) is 7.25. The molecule has 0 radical (unpaired) electrons. The number of aliphatic carboxylic acids is 2. The van der Waals surface area contributed by atoms with Crippen LogP contribution in [0.15, 0.2) is 0 Å². The van der Waals surface area contributed by atoms with E-state index in [1.54, 1.807) is 0 Å². The smallest absolute Gasteiger partial charge is 0.329 e. The van der Waals surface area contributed by atoms with Crippen molar-refractivity contribution in [1.29, 1.82) is 0 Å². The highest BCUT2D eigenvalue weighted by Crippen LogP contribution is 1.92. The maximum absolute atomic E-state index is 10.1. The van der Waals surface area contributed by atoms with Gasteiger partial charge in [0, 0.05) is 0 Å². The molecule has 0 aromatic heterocycles. The van der Waals surface area contributed by atoms with Crippen LogP contribution in [0.2, 0.25) is 0 Å². The van der Waals surface area contributed by atoms with E-state index in [1.807, 2.05) is 0 Å². The second-order valence-corrected chi connectivity index (χ2v) is 2.42. The zero-order valence-corrected chi connectivity index (χ0v) is 7.38. The average Bonchev–Trinajstić information content (AvgIpc) is 2.10. The van der Waals surface area contributed by atoms with Gasteiger partial charge in [-0.2, -0.15) is 0 Å². The maximum atomic E-state index is 10.1. The number of hydrogen-bond donors (Lipinski definition) is 3. The Hall–Kier alpha value is -1.18. The van der Waals surface area contributed by atoms with Crippen molar-refractivity contribution in [3.05, 3.63) is 0 Å². The van der Waals surface area contributed by atoms with E-state index in [9.17, 15) is 9.59 Å². The first kappa shape index (κ1) is 12.8.